The van der Waals surface area contributed by atoms with E-state index in [1.54, 1.807) is 36.4 Å². The van der Waals surface area contributed by atoms with Crippen molar-refractivity contribution in [2.24, 2.45) is 0 Å². The van der Waals surface area contributed by atoms with E-state index in [9.17, 15) is 13.2 Å². The Labute approximate surface area is 171 Å². The zero-order valence-electron chi connectivity index (χ0n) is 15.5. The number of carbonyl (C=O) groups excluding carboxylic acids is 1. The standard InChI is InChI=1S/C19H23N3O4S.ClH/c1-26-18-10-3-2-9-17(18)22-27(24,25)16-8-4-6-14(12-16)19(23)21-15-7-5-11-20-13-15;/h2-4,6,8-10,12,15,20,22H,5,7,11,13H2,1H3,(H,21,23);1H/t15-;/m0./s1. The topological polar surface area (TPSA) is 96.5 Å². The van der Waals surface area contributed by atoms with Crippen molar-refractivity contribution in [1.29, 1.82) is 0 Å². The third kappa shape index (κ3) is 5.37. The molecule has 9 heteroatoms. The molecule has 1 saturated heterocycles. The van der Waals surface area contributed by atoms with E-state index >= 15 is 0 Å². The molecule has 1 aliphatic rings. The highest BCUT2D eigenvalue weighted by Crippen LogP contribution is 2.26. The average Bonchev–Trinajstić information content (AvgIpc) is 2.69. The number of ether oxygens (including phenoxy) is 1. The Morgan fingerprint density at radius 3 is 2.68 bits per heavy atom. The number of para-hydroxylation sites is 2. The molecule has 0 aliphatic carbocycles. The molecule has 0 spiro atoms. The molecule has 2 aromatic rings. The summed E-state index contributed by atoms with van der Waals surface area (Å²) in [4.78, 5) is 12.5. The molecule has 152 valence electrons. The summed E-state index contributed by atoms with van der Waals surface area (Å²) >= 11 is 0. The minimum Gasteiger partial charge on any atom is -0.495 e. The molecule has 28 heavy (non-hydrogen) atoms. The van der Waals surface area contributed by atoms with Gasteiger partial charge in [-0.25, -0.2) is 8.42 Å². The van der Waals surface area contributed by atoms with E-state index in [0.29, 0.717) is 17.0 Å². The molecule has 0 bridgehead atoms. The first-order chi connectivity index (χ1) is 13.0. The summed E-state index contributed by atoms with van der Waals surface area (Å²) in [6.07, 6.45) is 1.91. The Morgan fingerprint density at radius 1 is 1.18 bits per heavy atom. The first kappa shape index (κ1) is 22.0. The minimum absolute atomic E-state index is 0. The number of hydrogen-bond acceptors (Lipinski definition) is 5. The van der Waals surface area contributed by atoms with Crippen molar-refractivity contribution in [3.8, 4) is 5.75 Å². The predicted molar refractivity (Wildman–Crippen MR) is 111 cm³/mol. The van der Waals surface area contributed by atoms with Gasteiger partial charge in [0.15, 0.2) is 0 Å². The molecular weight excluding hydrogens is 402 g/mol. The maximum Gasteiger partial charge on any atom is 0.262 e. The number of amides is 1. The van der Waals surface area contributed by atoms with Crippen LogP contribution in [-0.4, -0.2) is 40.6 Å². The van der Waals surface area contributed by atoms with Gasteiger partial charge in [0.25, 0.3) is 15.9 Å². The average molecular weight is 426 g/mol. The van der Waals surface area contributed by atoms with Gasteiger partial charge in [0.1, 0.15) is 5.75 Å². The molecular formula is C19H24ClN3O4S. The van der Waals surface area contributed by atoms with Crippen LogP contribution in [0.3, 0.4) is 0 Å². The highest BCUT2D eigenvalue weighted by molar-refractivity contribution is 7.92. The van der Waals surface area contributed by atoms with E-state index < -0.39 is 10.0 Å². The van der Waals surface area contributed by atoms with Crippen molar-refractivity contribution in [2.45, 2.75) is 23.8 Å². The van der Waals surface area contributed by atoms with Crippen LogP contribution in [0.4, 0.5) is 5.69 Å². The Hall–Kier alpha value is -2.29. The number of sulfonamides is 1. The molecule has 0 radical (unpaired) electrons. The lowest BCUT2D eigenvalue weighted by atomic mass is 10.1. The lowest BCUT2D eigenvalue weighted by Gasteiger charge is -2.23. The molecule has 7 nitrogen and oxygen atoms in total. The number of hydrogen-bond donors (Lipinski definition) is 3. The molecule has 1 aliphatic heterocycles. The molecule has 1 atom stereocenters. The van der Waals surface area contributed by atoms with Gasteiger partial charge >= 0.3 is 0 Å². The summed E-state index contributed by atoms with van der Waals surface area (Å²) in [6, 6.07) is 12.8. The van der Waals surface area contributed by atoms with Crippen molar-refractivity contribution in [2.75, 3.05) is 24.9 Å². The van der Waals surface area contributed by atoms with Crippen LogP contribution in [0.5, 0.6) is 5.75 Å². The highest BCUT2D eigenvalue weighted by Gasteiger charge is 2.20. The van der Waals surface area contributed by atoms with Crippen molar-refractivity contribution in [1.82, 2.24) is 10.6 Å². The fourth-order valence-corrected chi connectivity index (χ4v) is 4.10. The summed E-state index contributed by atoms with van der Waals surface area (Å²) in [5.74, 6) is 0.137. The first-order valence-electron chi connectivity index (χ1n) is 8.77. The molecule has 0 saturated carbocycles. The Balaban J connectivity index is 0.00000280. The normalized spacial score (nSPS) is 16.5. The lowest BCUT2D eigenvalue weighted by Crippen LogP contribution is -2.45. The SMILES string of the molecule is COc1ccccc1NS(=O)(=O)c1cccc(C(=O)N[C@H]2CCCNC2)c1.Cl. The van der Waals surface area contributed by atoms with Crippen LogP contribution in [0, 0.1) is 0 Å². The molecule has 3 N–H and O–H groups in total. The highest BCUT2D eigenvalue weighted by atomic mass is 35.5. The summed E-state index contributed by atoms with van der Waals surface area (Å²) in [6.45, 7) is 1.67. The smallest absolute Gasteiger partial charge is 0.262 e. The van der Waals surface area contributed by atoms with E-state index in [0.717, 1.165) is 25.9 Å². The maximum absolute atomic E-state index is 12.7. The second-order valence-corrected chi connectivity index (χ2v) is 8.03. The van der Waals surface area contributed by atoms with Crippen molar-refractivity contribution < 1.29 is 17.9 Å². The molecule has 2 aromatic carbocycles. The maximum atomic E-state index is 12.7. The molecule has 1 heterocycles. The second kappa shape index (κ2) is 9.77. The van der Waals surface area contributed by atoms with E-state index in [1.165, 1.54) is 19.2 Å². The third-order valence-corrected chi connectivity index (χ3v) is 5.75. The van der Waals surface area contributed by atoms with Gasteiger partial charge in [-0.3, -0.25) is 9.52 Å². The van der Waals surface area contributed by atoms with Crippen molar-refractivity contribution >= 4 is 34.0 Å². The molecule has 1 amide bonds. The fourth-order valence-electron chi connectivity index (χ4n) is 2.98. The number of methoxy groups -OCH3 is 1. The van der Waals surface area contributed by atoms with Gasteiger partial charge in [0, 0.05) is 18.2 Å². The molecule has 3 rings (SSSR count). The van der Waals surface area contributed by atoms with Crippen LogP contribution in [0.2, 0.25) is 0 Å². The number of carbonyl (C=O) groups is 1. The van der Waals surface area contributed by atoms with Gasteiger partial charge in [0.2, 0.25) is 0 Å². The van der Waals surface area contributed by atoms with E-state index in [2.05, 4.69) is 15.4 Å². The fraction of sp³-hybridized carbons (Fsp3) is 0.316. The van der Waals surface area contributed by atoms with Crippen molar-refractivity contribution in [3.05, 3.63) is 54.1 Å². The molecule has 1 fully saturated rings. The lowest BCUT2D eigenvalue weighted by molar-refractivity contribution is 0.0930. The zero-order chi connectivity index (χ0) is 19.3. The molecule has 0 aromatic heterocycles. The van der Waals surface area contributed by atoms with Gasteiger partial charge in [-0.2, -0.15) is 0 Å². The van der Waals surface area contributed by atoms with E-state index in [-0.39, 0.29) is 29.3 Å². The van der Waals surface area contributed by atoms with Gasteiger partial charge in [0.05, 0.1) is 17.7 Å². The zero-order valence-corrected chi connectivity index (χ0v) is 17.1. The van der Waals surface area contributed by atoms with Crippen LogP contribution in [0.15, 0.2) is 53.4 Å². The Kier molecular flexibility index (Phi) is 7.68. The Bertz CT molecular complexity index is 915. The second-order valence-electron chi connectivity index (χ2n) is 6.35. The summed E-state index contributed by atoms with van der Waals surface area (Å²) in [5.41, 5.74) is 0.645. The largest absolute Gasteiger partial charge is 0.495 e. The third-order valence-electron chi connectivity index (χ3n) is 4.39. The van der Waals surface area contributed by atoms with Gasteiger partial charge < -0.3 is 15.4 Å². The monoisotopic (exact) mass is 425 g/mol. The van der Waals surface area contributed by atoms with E-state index in [4.69, 9.17) is 4.74 Å². The first-order valence-corrected chi connectivity index (χ1v) is 10.3. The number of benzene rings is 2. The van der Waals surface area contributed by atoms with Crippen LogP contribution in [-0.2, 0) is 10.0 Å². The van der Waals surface area contributed by atoms with Crippen LogP contribution in [0.1, 0.15) is 23.2 Å². The van der Waals surface area contributed by atoms with Crippen LogP contribution < -0.4 is 20.1 Å². The van der Waals surface area contributed by atoms with Gasteiger partial charge in [-0.1, -0.05) is 18.2 Å². The van der Waals surface area contributed by atoms with Crippen LogP contribution in [0.25, 0.3) is 0 Å². The molecule has 0 unspecified atom stereocenters. The number of piperidine rings is 1. The van der Waals surface area contributed by atoms with Gasteiger partial charge in [-0.15, -0.1) is 12.4 Å². The number of rotatable bonds is 6. The Morgan fingerprint density at radius 2 is 1.96 bits per heavy atom. The summed E-state index contributed by atoms with van der Waals surface area (Å²) < 4.78 is 33.1. The number of anilines is 1. The number of halogens is 1. The van der Waals surface area contributed by atoms with E-state index in [1.807, 2.05) is 0 Å². The predicted octanol–water partition coefficient (Wildman–Crippen LogP) is 2.40. The summed E-state index contributed by atoms with van der Waals surface area (Å²) in [7, 11) is -2.39. The number of nitrogens with one attached hydrogen (secondary N) is 3. The van der Waals surface area contributed by atoms with Crippen LogP contribution >= 0.6 is 12.4 Å². The summed E-state index contributed by atoms with van der Waals surface area (Å²) in [5, 5.41) is 6.18. The van der Waals surface area contributed by atoms with Gasteiger partial charge in [-0.05, 0) is 49.7 Å². The van der Waals surface area contributed by atoms with Crippen molar-refractivity contribution in [3.63, 3.8) is 0 Å². The minimum atomic E-state index is -3.86. The quantitative estimate of drug-likeness (QED) is 0.660.